The number of nitrogens with zero attached hydrogens (tertiary/aromatic N) is 3. The van der Waals surface area contributed by atoms with Crippen LogP contribution in [0.15, 0.2) is 249 Å². The largest absolute Gasteiger partial charge is 0.309 e. The molecule has 0 saturated carbocycles. The first kappa shape index (κ1) is 38.2. The van der Waals surface area contributed by atoms with Gasteiger partial charge in [-0.05, 0) is 92.0 Å². The van der Waals surface area contributed by atoms with Gasteiger partial charge in [-0.25, -0.2) is 0 Å². The summed E-state index contributed by atoms with van der Waals surface area (Å²) in [7, 11) is -2.91. The van der Waals surface area contributed by atoms with Crippen LogP contribution in [-0.2, 0) is 0 Å². The van der Waals surface area contributed by atoms with E-state index in [4.69, 9.17) is 0 Å². The summed E-state index contributed by atoms with van der Waals surface area (Å²) < 4.78 is 4.78. The van der Waals surface area contributed by atoms with E-state index in [1.807, 2.05) is 18.2 Å². The van der Waals surface area contributed by atoms with Crippen molar-refractivity contribution in [3.8, 4) is 39.7 Å². The number of para-hydroxylation sites is 3. The van der Waals surface area contributed by atoms with E-state index >= 15 is 0 Å². The van der Waals surface area contributed by atoms with E-state index in [-0.39, 0.29) is 0 Å². The molecule has 2 aromatic heterocycles. The van der Waals surface area contributed by atoms with Crippen molar-refractivity contribution >= 4 is 72.4 Å². The van der Waals surface area contributed by atoms with Gasteiger partial charge in [-0.2, -0.15) is 5.26 Å². The van der Waals surface area contributed by atoms with Gasteiger partial charge in [0.1, 0.15) is 0 Å². The summed E-state index contributed by atoms with van der Waals surface area (Å²) in [5, 5.41) is 20.0. The molecule has 10 aromatic carbocycles. The van der Waals surface area contributed by atoms with Gasteiger partial charge < -0.3 is 9.13 Å². The Hall–Kier alpha value is -8.49. The Balaban J connectivity index is 1.08. The lowest BCUT2D eigenvalue weighted by atomic mass is 10.00. The van der Waals surface area contributed by atoms with Crippen LogP contribution >= 0.6 is 0 Å². The second-order valence-electron chi connectivity index (χ2n) is 16.8. The fourth-order valence-electron chi connectivity index (χ4n) is 10.5. The summed E-state index contributed by atoms with van der Waals surface area (Å²) in [5.41, 5.74) is 12.0. The van der Waals surface area contributed by atoms with Crippen LogP contribution < -0.4 is 20.7 Å². The molecule has 0 spiro atoms. The minimum absolute atomic E-state index is 0.636. The van der Waals surface area contributed by atoms with E-state index in [0.29, 0.717) is 5.56 Å². The van der Waals surface area contributed by atoms with Crippen LogP contribution in [0.5, 0.6) is 0 Å². The Labute approximate surface area is 379 Å². The molecular formula is C61H41N3Si. The number of hydrogen-bond acceptors (Lipinski definition) is 1. The summed E-state index contributed by atoms with van der Waals surface area (Å²) in [6.07, 6.45) is 0. The van der Waals surface area contributed by atoms with Crippen LogP contribution in [0.4, 0.5) is 0 Å². The average Bonchev–Trinajstić information content (AvgIpc) is 3.91. The van der Waals surface area contributed by atoms with Crippen molar-refractivity contribution < 1.29 is 0 Å². The van der Waals surface area contributed by atoms with E-state index in [2.05, 4.69) is 246 Å². The zero-order valence-corrected chi connectivity index (χ0v) is 36.5. The molecule has 12 aromatic rings. The van der Waals surface area contributed by atoms with Crippen LogP contribution in [0.25, 0.3) is 77.2 Å². The van der Waals surface area contributed by atoms with Gasteiger partial charge in [-0.15, -0.1) is 0 Å². The number of fused-ring (bicyclic) bond motifs is 6. The topological polar surface area (TPSA) is 33.6 Å². The molecule has 0 saturated heterocycles. The maximum atomic E-state index is 9.89. The van der Waals surface area contributed by atoms with Gasteiger partial charge in [-0.3, -0.25) is 0 Å². The first-order valence-corrected chi connectivity index (χ1v) is 24.1. The Bertz CT molecular complexity index is 3740. The monoisotopic (exact) mass is 843 g/mol. The van der Waals surface area contributed by atoms with Crippen molar-refractivity contribution in [2.24, 2.45) is 0 Å². The number of benzene rings is 10. The smallest absolute Gasteiger partial charge is 0.179 e. The van der Waals surface area contributed by atoms with Crippen LogP contribution in [0.3, 0.4) is 0 Å². The first-order valence-electron chi connectivity index (χ1n) is 22.1. The maximum absolute atomic E-state index is 9.89. The Morgan fingerprint density at radius 2 is 0.831 bits per heavy atom. The van der Waals surface area contributed by atoms with Gasteiger partial charge >= 0.3 is 0 Å². The quantitative estimate of drug-likeness (QED) is 0.111. The molecule has 0 N–H and O–H groups in total. The maximum Gasteiger partial charge on any atom is 0.179 e. The van der Waals surface area contributed by atoms with Gasteiger partial charge in [0.05, 0.1) is 33.7 Å². The van der Waals surface area contributed by atoms with Crippen molar-refractivity contribution in [2.75, 3.05) is 0 Å². The number of hydrogen-bond donors (Lipinski definition) is 0. The van der Waals surface area contributed by atoms with E-state index in [1.165, 1.54) is 53.4 Å². The van der Waals surface area contributed by atoms with Crippen LogP contribution in [0, 0.1) is 11.3 Å². The highest BCUT2D eigenvalue weighted by atomic mass is 28.3. The van der Waals surface area contributed by atoms with Crippen molar-refractivity contribution in [1.82, 2.24) is 9.13 Å². The van der Waals surface area contributed by atoms with Gasteiger partial charge in [0.2, 0.25) is 0 Å². The third kappa shape index (κ3) is 6.17. The second-order valence-corrected chi connectivity index (χ2v) is 20.6. The predicted octanol–water partition coefficient (Wildman–Crippen LogP) is 12.5. The fraction of sp³-hybridized carbons (Fsp3) is 0. The Morgan fingerprint density at radius 3 is 1.54 bits per heavy atom. The lowest BCUT2D eigenvalue weighted by Gasteiger charge is -2.35. The van der Waals surface area contributed by atoms with Crippen LogP contribution in [0.1, 0.15) is 5.56 Å². The molecule has 65 heavy (non-hydrogen) atoms. The van der Waals surface area contributed by atoms with Crippen molar-refractivity contribution in [3.05, 3.63) is 254 Å². The van der Waals surface area contributed by atoms with E-state index in [1.54, 1.807) is 0 Å². The summed E-state index contributed by atoms with van der Waals surface area (Å²) in [6, 6.07) is 93.0. The standard InChI is InChI=1S/C61H41N3Si/c62-42-43-18-14-22-47(38-43)64-59-35-13-10-30-54(59)56-33-17-32-53(61(56)64)46-36-37-60-57(40-46)55-31-11-12-34-58(55)63(60)48-23-16-29-52(41-48)65(49-24-6-2-7-25-49,50-26-8-3-9-27-50)51-28-15-21-45(39-51)44-19-4-1-5-20-44/h1-41H. The SMILES string of the molecule is N#Cc1cccc(-n2c3ccccc3c3cccc(-c4ccc5c(c4)c4ccccc4n5-c4cccc([Si](c5ccccc5)(c5ccccc5)c5cccc(-c6ccccc6)c5)c4)c32)c1. The minimum Gasteiger partial charge on any atom is -0.309 e. The second kappa shape index (κ2) is 15.7. The number of nitriles is 1. The van der Waals surface area contributed by atoms with Crippen molar-refractivity contribution in [2.45, 2.75) is 0 Å². The lowest BCUT2D eigenvalue weighted by molar-refractivity contribution is 1.18. The van der Waals surface area contributed by atoms with Crippen LogP contribution in [-0.4, -0.2) is 17.2 Å². The third-order valence-electron chi connectivity index (χ3n) is 13.3. The molecule has 2 heterocycles. The highest BCUT2D eigenvalue weighted by Gasteiger charge is 2.42. The normalized spacial score (nSPS) is 11.7. The summed E-state index contributed by atoms with van der Waals surface area (Å²) in [5.74, 6) is 0. The summed E-state index contributed by atoms with van der Waals surface area (Å²) >= 11 is 0. The highest BCUT2D eigenvalue weighted by Crippen LogP contribution is 2.41. The fourth-order valence-corrected chi connectivity index (χ4v) is 15.3. The minimum atomic E-state index is -2.91. The van der Waals surface area contributed by atoms with Gasteiger partial charge in [0.15, 0.2) is 8.07 Å². The van der Waals surface area contributed by atoms with E-state index in [0.717, 1.165) is 44.6 Å². The molecule has 0 fully saturated rings. The van der Waals surface area contributed by atoms with E-state index < -0.39 is 8.07 Å². The molecule has 0 unspecified atom stereocenters. The highest BCUT2D eigenvalue weighted by molar-refractivity contribution is 7.20. The zero-order valence-electron chi connectivity index (χ0n) is 35.5. The summed E-state index contributed by atoms with van der Waals surface area (Å²) in [4.78, 5) is 0. The van der Waals surface area contributed by atoms with Gasteiger partial charge in [0.25, 0.3) is 0 Å². The first-order chi connectivity index (χ1) is 32.2. The molecule has 0 amide bonds. The number of rotatable bonds is 8. The van der Waals surface area contributed by atoms with Gasteiger partial charge in [-0.1, -0.05) is 194 Å². The molecule has 304 valence electrons. The third-order valence-corrected chi connectivity index (χ3v) is 18.0. The average molecular weight is 844 g/mol. The molecule has 4 heteroatoms. The Kier molecular flexibility index (Phi) is 9.22. The molecule has 0 aliphatic rings. The molecule has 0 aliphatic heterocycles. The molecule has 12 rings (SSSR count). The zero-order chi connectivity index (χ0) is 43.3. The van der Waals surface area contributed by atoms with Gasteiger partial charge in [0, 0.05) is 38.5 Å². The molecule has 0 bridgehead atoms. The lowest BCUT2D eigenvalue weighted by Crippen LogP contribution is -2.74. The summed E-state index contributed by atoms with van der Waals surface area (Å²) in [6.45, 7) is 0. The predicted molar refractivity (Wildman–Crippen MR) is 274 cm³/mol. The molecule has 0 aliphatic carbocycles. The number of aromatic nitrogens is 2. The molecule has 0 atom stereocenters. The van der Waals surface area contributed by atoms with E-state index in [9.17, 15) is 5.26 Å². The van der Waals surface area contributed by atoms with Crippen molar-refractivity contribution in [3.63, 3.8) is 0 Å². The van der Waals surface area contributed by atoms with Crippen molar-refractivity contribution in [1.29, 1.82) is 5.26 Å². The molecular weight excluding hydrogens is 803 g/mol. The van der Waals surface area contributed by atoms with Crippen LogP contribution in [0.2, 0.25) is 0 Å². The molecule has 0 radical (unpaired) electrons. The molecule has 3 nitrogen and oxygen atoms in total. The Morgan fingerprint density at radius 1 is 0.323 bits per heavy atom.